The third-order valence-corrected chi connectivity index (χ3v) is 3.51. The minimum Gasteiger partial charge on any atom is -0.367 e. The SMILES string of the molecule is CC1(C)CN(c2cc(C(F)(F)F)ccc2Cl)CCN1. The van der Waals surface area contributed by atoms with Crippen molar-refractivity contribution in [3.8, 4) is 0 Å². The third-order valence-electron chi connectivity index (χ3n) is 3.19. The molecule has 1 aromatic carbocycles. The summed E-state index contributed by atoms with van der Waals surface area (Å²) in [5.41, 5.74) is -0.357. The first-order valence-electron chi connectivity index (χ1n) is 6.06. The molecule has 1 N–H and O–H groups in total. The van der Waals surface area contributed by atoms with Gasteiger partial charge in [-0.1, -0.05) is 11.6 Å². The average Bonchev–Trinajstić information content (AvgIpc) is 2.26. The van der Waals surface area contributed by atoms with Crippen molar-refractivity contribution < 1.29 is 13.2 Å². The lowest BCUT2D eigenvalue weighted by Gasteiger charge is -2.40. The van der Waals surface area contributed by atoms with Crippen LogP contribution >= 0.6 is 11.6 Å². The van der Waals surface area contributed by atoms with Crippen molar-refractivity contribution in [2.45, 2.75) is 25.6 Å². The molecule has 2 nitrogen and oxygen atoms in total. The Morgan fingerprint density at radius 1 is 1.32 bits per heavy atom. The molecular formula is C13H16ClF3N2. The van der Waals surface area contributed by atoms with Gasteiger partial charge in [0.15, 0.2) is 0 Å². The first-order valence-corrected chi connectivity index (χ1v) is 6.44. The van der Waals surface area contributed by atoms with Crippen LogP contribution in [-0.4, -0.2) is 25.2 Å². The van der Waals surface area contributed by atoms with E-state index in [-0.39, 0.29) is 5.54 Å². The van der Waals surface area contributed by atoms with E-state index in [0.29, 0.717) is 23.8 Å². The van der Waals surface area contributed by atoms with Crippen LogP contribution < -0.4 is 10.2 Å². The molecule has 1 fully saturated rings. The maximum atomic E-state index is 12.7. The molecule has 0 radical (unpaired) electrons. The lowest BCUT2D eigenvalue weighted by Crippen LogP contribution is -2.57. The Morgan fingerprint density at radius 2 is 2.00 bits per heavy atom. The highest BCUT2D eigenvalue weighted by Gasteiger charge is 2.33. The van der Waals surface area contributed by atoms with Gasteiger partial charge in [-0.25, -0.2) is 0 Å². The summed E-state index contributed by atoms with van der Waals surface area (Å²) >= 11 is 6.04. The van der Waals surface area contributed by atoms with Gasteiger partial charge in [0, 0.05) is 25.2 Å². The number of halogens is 4. The zero-order chi connectivity index (χ0) is 14.3. The summed E-state index contributed by atoms with van der Waals surface area (Å²) in [5.74, 6) is 0. The van der Waals surface area contributed by atoms with Crippen LogP contribution in [0.15, 0.2) is 18.2 Å². The number of benzene rings is 1. The highest BCUT2D eigenvalue weighted by Crippen LogP contribution is 2.36. The number of nitrogens with one attached hydrogen (secondary N) is 1. The Bertz CT molecular complexity index is 471. The Hall–Kier alpha value is -0.940. The molecule has 1 aromatic rings. The molecule has 1 aliphatic heterocycles. The molecule has 2 rings (SSSR count). The molecule has 0 aliphatic carbocycles. The van der Waals surface area contributed by atoms with Crippen molar-refractivity contribution in [1.29, 1.82) is 0 Å². The van der Waals surface area contributed by atoms with Crippen LogP contribution in [0.25, 0.3) is 0 Å². The van der Waals surface area contributed by atoms with E-state index in [0.717, 1.165) is 18.7 Å². The molecule has 0 amide bonds. The molecule has 0 spiro atoms. The normalized spacial score (nSPS) is 19.6. The smallest absolute Gasteiger partial charge is 0.367 e. The fourth-order valence-corrected chi connectivity index (χ4v) is 2.52. The second-order valence-electron chi connectivity index (χ2n) is 5.40. The van der Waals surface area contributed by atoms with E-state index < -0.39 is 11.7 Å². The van der Waals surface area contributed by atoms with Crippen LogP contribution in [0, 0.1) is 0 Å². The highest BCUT2D eigenvalue weighted by molar-refractivity contribution is 6.33. The second-order valence-corrected chi connectivity index (χ2v) is 5.80. The molecule has 19 heavy (non-hydrogen) atoms. The molecule has 1 heterocycles. The van der Waals surface area contributed by atoms with Crippen molar-refractivity contribution >= 4 is 17.3 Å². The zero-order valence-electron chi connectivity index (χ0n) is 10.8. The van der Waals surface area contributed by atoms with E-state index in [1.165, 1.54) is 6.07 Å². The fraction of sp³-hybridized carbons (Fsp3) is 0.538. The van der Waals surface area contributed by atoms with Crippen molar-refractivity contribution in [2.75, 3.05) is 24.5 Å². The molecule has 6 heteroatoms. The van der Waals surface area contributed by atoms with Gasteiger partial charge in [0.05, 0.1) is 16.3 Å². The van der Waals surface area contributed by atoms with Gasteiger partial charge in [-0.05, 0) is 32.0 Å². The highest BCUT2D eigenvalue weighted by atomic mass is 35.5. The minimum atomic E-state index is -4.34. The summed E-state index contributed by atoms with van der Waals surface area (Å²) in [4.78, 5) is 1.90. The fourth-order valence-electron chi connectivity index (χ4n) is 2.28. The Balaban J connectivity index is 2.33. The van der Waals surface area contributed by atoms with Gasteiger partial charge in [-0.2, -0.15) is 13.2 Å². The molecule has 1 saturated heterocycles. The largest absolute Gasteiger partial charge is 0.416 e. The van der Waals surface area contributed by atoms with Crippen molar-refractivity contribution in [1.82, 2.24) is 5.32 Å². The topological polar surface area (TPSA) is 15.3 Å². The number of anilines is 1. The van der Waals surface area contributed by atoms with Crippen LogP contribution in [-0.2, 0) is 6.18 Å². The van der Waals surface area contributed by atoms with E-state index in [9.17, 15) is 13.2 Å². The van der Waals surface area contributed by atoms with Crippen LogP contribution in [0.4, 0.5) is 18.9 Å². The summed E-state index contributed by atoms with van der Waals surface area (Å²) in [6.07, 6.45) is -4.34. The molecule has 1 aliphatic rings. The van der Waals surface area contributed by atoms with Gasteiger partial charge >= 0.3 is 6.18 Å². The average molecular weight is 293 g/mol. The molecule has 106 valence electrons. The maximum absolute atomic E-state index is 12.7. The predicted molar refractivity (Wildman–Crippen MR) is 70.7 cm³/mol. The number of piperazine rings is 1. The van der Waals surface area contributed by atoms with Crippen LogP contribution in [0.3, 0.4) is 0 Å². The number of hydrogen-bond acceptors (Lipinski definition) is 2. The van der Waals surface area contributed by atoms with E-state index >= 15 is 0 Å². The van der Waals surface area contributed by atoms with Crippen LogP contribution in [0.2, 0.25) is 5.02 Å². The summed E-state index contributed by atoms with van der Waals surface area (Å²) in [6, 6.07) is 3.46. The molecular weight excluding hydrogens is 277 g/mol. The van der Waals surface area contributed by atoms with Crippen molar-refractivity contribution in [2.24, 2.45) is 0 Å². The first kappa shape index (κ1) is 14.5. The van der Waals surface area contributed by atoms with Gasteiger partial charge in [0.2, 0.25) is 0 Å². The molecule has 0 atom stereocenters. The summed E-state index contributed by atoms with van der Waals surface area (Å²) in [7, 11) is 0. The third kappa shape index (κ3) is 3.34. The van der Waals surface area contributed by atoms with Gasteiger partial charge < -0.3 is 10.2 Å². The summed E-state index contributed by atoms with van der Waals surface area (Å²) in [6.45, 7) is 6.01. The monoisotopic (exact) mass is 292 g/mol. The summed E-state index contributed by atoms with van der Waals surface area (Å²) in [5, 5.41) is 3.67. The van der Waals surface area contributed by atoms with E-state index in [1.807, 2.05) is 18.7 Å². The quantitative estimate of drug-likeness (QED) is 0.851. The molecule has 0 unspecified atom stereocenters. The Labute approximate surface area is 115 Å². The molecule has 0 bridgehead atoms. The molecule has 0 saturated carbocycles. The van der Waals surface area contributed by atoms with Crippen molar-refractivity contribution in [3.05, 3.63) is 28.8 Å². The van der Waals surface area contributed by atoms with E-state index in [1.54, 1.807) is 0 Å². The number of nitrogens with zero attached hydrogens (tertiary/aromatic N) is 1. The van der Waals surface area contributed by atoms with E-state index in [4.69, 9.17) is 11.6 Å². The standard InChI is InChI=1S/C13H16ClF3N2/c1-12(2)8-19(6-5-18-12)11-7-9(13(15,16)17)3-4-10(11)14/h3-4,7,18H,5-6,8H2,1-2H3. The summed E-state index contributed by atoms with van der Waals surface area (Å²) < 4.78 is 38.2. The van der Waals surface area contributed by atoms with Gasteiger partial charge in [0.25, 0.3) is 0 Å². The number of hydrogen-bond donors (Lipinski definition) is 1. The zero-order valence-corrected chi connectivity index (χ0v) is 11.6. The number of rotatable bonds is 1. The Kier molecular flexibility index (Phi) is 3.71. The van der Waals surface area contributed by atoms with Gasteiger partial charge in [-0.3, -0.25) is 0 Å². The van der Waals surface area contributed by atoms with Crippen LogP contribution in [0.5, 0.6) is 0 Å². The van der Waals surface area contributed by atoms with Crippen LogP contribution in [0.1, 0.15) is 19.4 Å². The lowest BCUT2D eigenvalue weighted by molar-refractivity contribution is -0.137. The first-order chi connectivity index (χ1) is 8.69. The Morgan fingerprint density at radius 3 is 2.58 bits per heavy atom. The minimum absolute atomic E-state index is 0.143. The van der Waals surface area contributed by atoms with Gasteiger partial charge in [0.1, 0.15) is 0 Å². The number of alkyl halides is 3. The maximum Gasteiger partial charge on any atom is 0.416 e. The van der Waals surface area contributed by atoms with Crippen molar-refractivity contribution in [3.63, 3.8) is 0 Å². The van der Waals surface area contributed by atoms with E-state index in [2.05, 4.69) is 5.32 Å². The lowest BCUT2D eigenvalue weighted by atomic mass is 10.0. The molecule has 0 aromatic heterocycles. The second kappa shape index (κ2) is 4.87. The van der Waals surface area contributed by atoms with Gasteiger partial charge in [-0.15, -0.1) is 0 Å². The predicted octanol–water partition coefficient (Wildman–Crippen LogP) is 3.55.